The third-order valence-electron chi connectivity index (χ3n) is 3.19. The predicted octanol–water partition coefficient (Wildman–Crippen LogP) is 1.51. The Morgan fingerprint density at radius 1 is 1.35 bits per heavy atom. The van der Waals surface area contributed by atoms with Crippen molar-refractivity contribution in [3.8, 4) is 0 Å². The van der Waals surface area contributed by atoms with E-state index in [-0.39, 0.29) is 5.91 Å². The summed E-state index contributed by atoms with van der Waals surface area (Å²) in [6.45, 7) is 1.41. The van der Waals surface area contributed by atoms with Crippen molar-refractivity contribution in [2.24, 2.45) is 5.92 Å². The minimum Gasteiger partial charge on any atom is -0.481 e. The zero-order chi connectivity index (χ0) is 12.4. The number of hydrogen-bond acceptors (Lipinski definition) is 2. The van der Waals surface area contributed by atoms with Gasteiger partial charge in [-0.15, -0.1) is 0 Å². The van der Waals surface area contributed by atoms with Crippen LogP contribution in [0.5, 0.6) is 0 Å². The third kappa shape index (κ3) is 2.30. The van der Waals surface area contributed by atoms with Crippen LogP contribution in [0.25, 0.3) is 0 Å². The number of benzene rings is 1. The first-order valence-electron chi connectivity index (χ1n) is 5.67. The van der Waals surface area contributed by atoms with E-state index in [1.165, 1.54) is 6.92 Å². The topological polar surface area (TPSA) is 66.4 Å². The molecular weight excluding hydrogens is 218 g/mol. The standard InChI is InChI=1S/C13H15NO3/c1-8(15)14-12-10-5-3-2-4-9(10)6-7-11(12)13(16)17/h2-5,11-12H,6-7H2,1H3,(H,14,15)(H,16,17)/t11-,12+/m1/s1. The van der Waals surface area contributed by atoms with Crippen molar-refractivity contribution in [1.29, 1.82) is 0 Å². The van der Waals surface area contributed by atoms with Crippen LogP contribution < -0.4 is 5.32 Å². The Hall–Kier alpha value is -1.84. The SMILES string of the molecule is CC(=O)N[C@H]1c2ccccc2CC[C@H]1C(=O)O. The van der Waals surface area contributed by atoms with Crippen LogP contribution in [0, 0.1) is 5.92 Å². The molecule has 0 fully saturated rings. The Morgan fingerprint density at radius 2 is 2.06 bits per heavy atom. The van der Waals surface area contributed by atoms with Gasteiger partial charge in [-0.05, 0) is 24.0 Å². The molecule has 1 aliphatic carbocycles. The van der Waals surface area contributed by atoms with Gasteiger partial charge in [-0.1, -0.05) is 24.3 Å². The maximum absolute atomic E-state index is 11.2. The molecule has 0 saturated heterocycles. The van der Waals surface area contributed by atoms with Crippen molar-refractivity contribution in [3.05, 3.63) is 35.4 Å². The highest BCUT2D eigenvalue weighted by Crippen LogP contribution is 2.34. The number of aliphatic carboxylic acids is 1. The fraction of sp³-hybridized carbons (Fsp3) is 0.385. The quantitative estimate of drug-likeness (QED) is 0.813. The van der Waals surface area contributed by atoms with E-state index in [0.717, 1.165) is 17.5 Å². The number of nitrogens with one attached hydrogen (secondary N) is 1. The average molecular weight is 233 g/mol. The Labute approximate surface area is 99.6 Å². The molecule has 2 rings (SSSR count). The van der Waals surface area contributed by atoms with Crippen LogP contribution in [0.2, 0.25) is 0 Å². The Kier molecular flexibility index (Phi) is 3.13. The van der Waals surface area contributed by atoms with E-state index in [1.54, 1.807) is 0 Å². The second kappa shape index (κ2) is 4.57. The molecule has 0 heterocycles. The van der Waals surface area contributed by atoms with Crippen LogP contribution in [0.15, 0.2) is 24.3 Å². The van der Waals surface area contributed by atoms with Crippen LogP contribution in [0.1, 0.15) is 30.5 Å². The molecule has 0 radical (unpaired) electrons. The molecule has 2 N–H and O–H groups in total. The zero-order valence-corrected chi connectivity index (χ0v) is 9.64. The van der Waals surface area contributed by atoms with E-state index in [1.807, 2.05) is 24.3 Å². The maximum atomic E-state index is 11.2. The van der Waals surface area contributed by atoms with E-state index in [9.17, 15) is 14.7 Å². The lowest BCUT2D eigenvalue weighted by Gasteiger charge is -2.31. The number of carbonyl (C=O) groups is 2. The maximum Gasteiger partial charge on any atom is 0.308 e. The summed E-state index contributed by atoms with van der Waals surface area (Å²) in [5, 5.41) is 11.9. The zero-order valence-electron chi connectivity index (χ0n) is 9.64. The molecule has 1 aliphatic rings. The lowest BCUT2D eigenvalue weighted by Crippen LogP contribution is -2.38. The van der Waals surface area contributed by atoms with Crippen molar-refractivity contribution in [2.75, 3.05) is 0 Å². The number of rotatable bonds is 2. The van der Waals surface area contributed by atoms with Gasteiger partial charge in [0.05, 0.1) is 12.0 Å². The van der Waals surface area contributed by atoms with Gasteiger partial charge in [0.2, 0.25) is 5.91 Å². The predicted molar refractivity (Wildman–Crippen MR) is 62.4 cm³/mol. The Morgan fingerprint density at radius 3 is 2.71 bits per heavy atom. The normalized spacial score (nSPS) is 22.6. The first-order valence-corrected chi connectivity index (χ1v) is 5.67. The summed E-state index contributed by atoms with van der Waals surface area (Å²) in [4.78, 5) is 22.4. The Balaban J connectivity index is 2.38. The van der Waals surface area contributed by atoms with Crippen molar-refractivity contribution < 1.29 is 14.7 Å². The number of carboxylic acids is 1. The summed E-state index contributed by atoms with van der Waals surface area (Å²) in [5.74, 6) is -1.58. The van der Waals surface area contributed by atoms with E-state index < -0.39 is 17.9 Å². The summed E-state index contributed by atoms with van der Waals surface area (Å²) >= 11 is 0. The number of fused-ring (bicyclic) bond motifs is 1. The van der Waals surface area contributed by atoms with Gasteiger partial charge in [0.15, 0.2) is 0 Å². The second-order valence-corrected chi connectivity index (χ2v) is 4.36. The van der Waals surface area contributed by atoms with E-state index >= 15 is 0 Å². The molecule has 4 nitrogen and oxygen atoms in total. The monoisotopic (exact) mass is 233 g/mol. The summed E-state index contributed by atoms with van der Waals surface area (Å²) in [6, 6.07) is 7.28. The summed E-state index contributed by atoms with van der Waals surface area (Å²) in [7, 11) is 0. The van der Waals surface area contributed by atoms with Crippen LogP contribution in [0.4, 0.5) is 0 Å². The molecule has 90 valence electrons. The first kappa shape index (κ1) is 11.6. The van der Waals surface area contributed by atoms with Crippen LogP contribution in [-0.2, 0) is 16.0 Å². The Bertz CT molecular complexity index is 456. The first-order chi connectivity index (χ1) is 8.09. The highest BCUT2D eigenvalue weighted by atomic mass is 16.4. The number of amides is 1. The largest absolute Gasteiger partial charge is 0.481 e. The smallest absolute Gasteiger partial charge is 0.308 e. The molecule has 0 saturated carbocycles. The van der Waals surface area contributed by atoms with Crippen LogP contribution in [0.3, 0.4) is 0 Å². The van der Waals surface area contributed by atoms with Crippen molar-refractivity contribution in [1.82, 2.24) is 5.32 Å². The molecule has 0 aliphatic heterocycles. The molecule has 0 bridgehead atoms. The molecule has 1 aromatic rings. The van der Waals surface area contributed by atoms with Gasteiger partial charge in [0.1, 0.15) is 0 Å². The molecule has 0 unspecified atom stereocenters. The van der Waals surface area contributed by atoms with E-state index in [2.05, 4.69) is 5.32 Å². The molecule has 4 heteroatoms. The number of carboxylic acid groups (broad SMARTS) is 1. The van der Waals surface area contributed by atoms with Gasteiger partial charge in [-0.3, -0.25) is 9.59 Å². The van der Waals surface area contributed by atoms with Gasteiger partial charge in [-0.2, -0.15) is 0 Å². The second-order valence-electron chi connectivity index (χ2n) is 4.36. The van der Waals surface area contributed by atoms with Crippen LogP contribution >= 0.6 is 0 Å². The van der Waals surface area contributed by atoms with Gasteiger partial charge in [0, 0.05) is 6.92 Å². The lowest BCUT2D eigenvalue weighted by molar-refractivity contribution is -0.143. The number of aryl methyl sites for hydroxylation is 1. The van der Waals surface area contributed by atoms with Crippen molar-refractivity contribution in [2.45, 2.75) is 25.8 Å². The summed E-state index contributed by atoms with van der Waals surface area (Å²) < 4.78 is 0. The summed E-state index contributed by atoms with van der Waals surface area (Å²) in [5.41, 5.74) is 2.06. The van der Waals surface area contributed by atoms with Crippen molar-refractivity contribution in [3.63, 3.8) is 0 Å². The molecule has 2 atom stereocenters. The fourth-order valence-corrected chi connectivity index (χ4v) is 2.42. The highest BCUT2D eigenvalue weighted by molar-refractivity contribution is 5.77. The number of hydrogen-bond donors (Lipinski definition) is 2. The number of carbonyl (C=O) groups excluding carboxylic acids is 1. The van der Waals surface area contributed by atoms with Gasteiger partial charge in [-0.25, -0.2) is 0 Å². The molecule has 0 spiro atoms. The third-order valence-corrected chi connectivity index (χ3v) is 3.19. The van der Waals surface area contributed by atoms with Gasteiger partial charge < -0.3 is 10.4 Å². The summed E-state index contributed by atoms with van der Waals surface area (Å²) in [6.07, 6.45) is 1.32. The van der Waals surface area contributed by atoms with Gasteiger partial charge >= 0.3 is 5.97 Å². The lowest BCUT2D eigenvalue weighted by atomic mass is 9.79. The van der Waals surface area contributed by atoms with E-state index in [4.69, 9.17) is 0 Å². The molecule has 1 aromatic carbocycles. The highest BCUT2D eigenvalue weighted by Gasteiger charge is 2.34. The van der Waals surface area contributed by atoms with Crippen molar-refractivity contribution >= 4 is 11.9 Å². The molecular formula is C13H15NO3. The molecule has 0 aromatic heterocycles. The van der Waals surface area contributed by atoms with Gasteiger partial charge in [0.25, 0.3) is 0 Å². The van der Waals surface area contributed by atoms with Crippen LogP contribution in [-0.4, -0.2) is 17.0 Å². The molecule has 1 amide bonds. The fourth-order valence-electron chi connectivity index (χ4n) is 2.42. The van der Waals surface area contributed by atoms with E-state index in [0.29, 0.717) is 6.42 Å². The minimum atomic E-state index is -0.849. The minimum absolute atomic E-state index is 0.196. The average Bonchev–Trinajstić information content (AvgIpc) is 2.28. The molecule has 17 heavy (non-hydrogen) atoms.